The molecule has 0 atom stereocenters. The van der Waals surface area contributed by atoms with E-state index < -0.39 is 6.17 Å². The molecule has 0 bridgehead atoms. The van der Waals surface area contributed by atoms with Crippen molar-refractivity contribution in [2.24, 2.45) is 5.73 Å². The SMILES string of the molecule is NCc1cccnc1N1CC(F)C1. The molecule has 0 unspecified atom stereocenters. The van der Waals surface area contributed by atoms with Crippen LogP contribution >= 0.6 is 0 Å². The van der Waals surface area contributed by atoms with Crippen molar-refractivity contribution in [2.75, 3.05) is 18.0 Å². The summed E-state index contributed by atoms with van der Waals surface area (Å²) in [7, 11) is 0. The molecule has 13 heavy (non-hydrogen) atoms. The maximum absolute atomic E-state index is 12.6. The molecule has 1 saturated heterocycles. The largest absolute Gasteiger partial charge is 0.350 e. The molecule has 0 spiro atoms. The number of halogens is 1. The minimum Gasteiger partial charge on any atom is -0.350 e. The van der Waals surface area contributed by atoms with Crippen LogP contribution < -0.4 is 10.6 Å². The molecule has 1 fully saturated rings. The zero-order valence-corrected chi connectivity index (χ0v) is 7.28. The van der Waals surface area contributed by atoms with Crippen LogP contribution in [0, 0.1) is 0 Å². The lowest BCUT2D eigenvalue weighted by Gasteiger charge is -2.36. The molecular weight excluding hydrogens is 169 g/mol. The van der Waals surface area contributed by atoms with Gasteiger partial charge in [0.15, 0.2) is 0 Å². The summed E-state index contributed by atoms with van der Waals surface area (Å²) in [5, 5.41) is 0. The Hall–Kier alpha value is -1.16. The van der Waals surface area contributed by atoms with Crippen molar-refractivity contribution < 1.29 is 4.39 Å². The molecule has 1 aliphatic heterocycles. The maximum Gasteiger partial charge on any atom is 0.135 e. The molecule has 2 rings (SSSR count). The number of rotatable bonds is 2. The van der Waals surface area contributed by atoms with E-state index in [1.807, 2.05) is 17.0 Å². The second-order valence-corrected chi connectivity index (χ2v) is 3.19. The highest BCUT2D eigenvalue weighted by Gasteiger charge is 2.28. The Labute approximate surface area is 76.4 Å². The van der Waals surface area contributed by atoms with E-state index in [9.17, 15) is 4.39 Å². The number of pyridine rings is 1. The molecule has 0 radical (unpaired) electrons. The Kier molecular flexibility index (Phi) is 2.14. The fourth-order valence-corrected chi connectivity index (χ4v) is 1.47. The summed E-state index contributed by atoms with van der Waals surface area (Å²) in [6.45, 7) is 1.35. The van der Waals surface area contributed by atoms with Crippen molar-refractivity contribution in [1.29, 1.82) is 0 Å². The van der Waals surface area contributed by atoms with Gasteiger partial charge in [-0.1, -0.05) is 6.07 Å². The summed E-state index contributed by atoms with van der Waals surface area (Å²) in [5.41, 5.74) is 6.52. The summed E-state index contributed by atoms with van der Waals surface area (Å²) < 4.78 is 12.6. The van der Waals surface area contributed by atoms with E-state index >= 15 is 0 Å². The van der Waals surface area contributed by atoms with Crippen molar-refractivity contribution in [3.05, 3.63) is 23.9 Å². The Balaban J connectivity index is 2.19. The molecule has 2 heterocycles. The molecule has 0 saturated carbocycles. The second kappa shape index (κ2) is 3.30. The van der Waals surface area contributed by atoms with Crippen LogP contribution in [0.4, 0.5) is 10.2 Å². The number of nitrogens with zero attached hydrogens (tertiary/aromatic N) is 2. The predicted molar refractivity (Wildman–Crippen MR) is 49.2 cm³/mol. The third-order valence-corrected chi connectivity index (χ3v) is 2.22. The van der Waals surface area contributed by atoms with Gasteiger partial charge in [0.05, 0.1) is 13.1 Å². The van der Waals surface area contributed by atoms with E-state index in [1.54, 1.807) is 6.20 Å². The third-order valence-electron chi connectivity index (χ3n) is 2.22. The Morgan fingerprint density at radius 1 is 1.62 bits per heavy atom. The standard InChI is InChI=1S/C9H12FN3/c10-8-5-13(6-8)9-7(4-11)2-1-3-12-9/h1-3,8H,4-6,11H2. The molecule has 1 aromatic rings. The zero-order valence-electron chi connectivity index (χ0n) is 7.28. The molecule has 3 nitrogen and oxygen atoms in total. The van der Waals surface area contributed by atoms with E-state index in [0.717, 1.165) is 11.4 Å². The van der Waals surface area contributed by atoms with Gasteiger partial charge in [0.25, 0.3) is 0 Å². The van der Waals surface area contributed by atoms with Crippen molar-refractivity contribution >= 4 is 5.82 Å². The minimum absolute atomic E-state index is 0.448. The van der Waals surface area contributed by atoms with Crippen LogP contribution in [0.25, 0.3) is 0 Å². The number of hydrogen-bond acceptors (Lipinski definition) is 3. The lowest BCUT2D eigenvalue weighted by atomic mass is 10.1. The van der Waals surface area contributed by atoms with Crippen molar-refractivity contribution in [1.82, 2.24) is 4.98 Å². The quantitative estimate of drug-likeness (QED) is 0.730. The molecule has 4 heteroatoms. The lowest BCUT2D eigenvalue weighted by molar-refractivity contribution is 0.273. The van der Waals surface area contributed by atoms with Gasteiger partial charge < -0.3 is 10.6 Å². The van der Waals surface area contributed by atoms with Crippen LogP contribution in [0.2, 0.25) is 0 Å². The molecule has 1 aromatic heterocycles. The zero-order chi connectivity index (χ0) is 9.26. The Morgan fingerprint density at radius 2 is 2.38 bits per heavy atom. The second-order valence-electron chi connectivity index (χ2n) is 3.19. The highest BCUT2D eigenvalue weighted by molar-refractivity contribution is 5.49. The van der Waals surface area contributed by atoms with Gasteiger partial charge in [-0.3, -0.25) is 0 Å². The first kappa shape index (κ1) is 8.44. The van der Waals surface area contributed by atoms with Crippen molar-refractivity contribution in [3.63, 3.8) is 0 Å². The normalized spacial score (nSPS) is 17.2. The van der Waals surface area contributed by atoms with Crippen molar-refractivity contribution in [2.45, 2.75) is 12.7 Å². The van der Waals surface area contributed by atoms with Gasteiger partial charge in [0.1, 0.15) is 12.0 Å². The van der Waals surface area contributed by atoms with Gasteiger partial charge in [-0.2, -0.15) is 0 Å². The number of anilines is 1. The van der Waals surface area contributed by atoms with Crippen LogP contribution in [0.3, 0.4) is 0 Å². The summed E-state index contributed by atoms with van der Waals surface area (Å²) in [5.74, 6) is 0.832. The van der Waals surface area contributed by atoms with Gasteiger partial charge in [-0.05, 0) is 6.07 Å². The average Bonchev–Trinajstić information content (AvgIpc) is 2.13. The van der Waals surface area contributed by atoms with Gasteiger partial charge >= 0.3 is 0 Å². The van der Waals surface area contributed by atoms with Crippen LogP contribution in [0.1, 0.15) is 5.56 Å². The Morgan fingerprint density at radius 3 is 3.00 bits per heavy atom. The number of hydrogen-bond donors (Lipinski definition) is 1. The smallest absolute Gasteiger partial charge is 0.135 e. The van der Waals surface area contributed by atoms with Crippen LogP contribution in [0.5, 0.6) is 0 Å². The van der Waals surface area contributed by atoms with Gasteiger partial charge in [0.2, 0.25) is 0 Å². The molecule has 0 amide bonds. The average molecular weight is 181 g/mol. The summed E-state index contributed by atoms with van der Waals surface area (Å²) in [6.07, 6.45) is 1.01. The highest BCUT2D eigenvalue weighted by Crippen LogP contribution is 2.23. The number of nitrogens with two attached hydrogens (primary N) is 1. The summed E-state index contributed by atoms with van der Waals surface area (Å²) in [6, 6.07) is 3.77. The summed E-state index contributed by atoms with van der Waals surface area (Å²) >= 11 is 0. The Bertz CT molecular complexity index is 297. The van der Waals surface area contributed by atoms with E-state index in [1.165, 1.54) is 0 Å². The molecule has 0 aromatic carbocycles. The fourth-order valence-electron chi connectivity index (χ4n) is 1.47. The monoisotopic (exact) mass is 181 g/mol. The van der Waals surface area contributed by atoms with E-state index in [0.29, 0.717) is 19.6 Å². The predicted octanol–water partition coefficient (Wildman–Crippen LogP) is 0.698. The molecular formula is C9H12FN3. The first-order chi connectivity index (χ1) is 6.31. The first-order valence-electron chi connectivity index (χ1n) is 4.34. The van der Waals surface area contributed by atoms with Crippen LogP contribution in [-0.2, 0) is 6.54 Å². The fraction of sp³-hybridized carbons (Fsp3) is 0.444. The summed E-state index contributed by atoms with van der Waals surface area (Å²) in [4.78, 5) is 6.09. The van der Waals surface area contributed by atoms with Crippen LogP contribution in [-0.4, -0.2) is 24.2 Å². The molecule has 0 aliphatic carbocycles. The van der Waals surface area contributed by atoms with Gasteiger partial charge in [-0.25, -0.2) is 9.37 Å². The van der Waals surface area contributed by atoms with E-state index in [-0.39, 0.29) is 0 Å². The maximum atomic E-state index is 12.6. The molecule has 1 aliphatic rings. The first-order valence-corrected chi connectivity index (χ1v) is 4.34. The third kappa shape index (κ3) is 1.49. The number of aromatic nitrogens is 1. The van der Waals surface area contributed by atoms with E-state index in [2.05, 4.69) is 4.98 Å². The molecule has 2 N–H and O–H groups in total. The van der Waals surface area contributed by atoms with Crippen molar-refractivity contribution in [3.8, 4) is 0 Å². The highest BCUT2D eigenvalue weighted by atomic mass is 19.1. The lowest BCUT2D eigenvalue weighted by Crippen LogP contribution is -2.49. The minimum atomic E-state index is -0.701. The molecule has 70 valence electrons. The van der Waals surface area contributed by atoms with Crippen LogP contribution in [0.15, 0.2) is 18.3 Å². The van der Waals surface area contributed by atoms with Gasteiger partial charge in [-0.15, -0.1) is 0 Å². The van der Waals surface area contributed by atoms with E-state index in [4.69, 9.17) is 5.73 Å². The van der Waals surface area contributed by atoms with Gasteiger partial charge in [0, 0.05) is 18.3 Å². The number of alkyl halides is 1. The topological polar surface area (TPSA) is 42.1 Å².